The smallest absolute Gasteiger partial charge is 0.251 e. The van der Waals surface area contributed by atoms with E-state index >= 15 is 0 Å². The van der Waals surface area contributed by atoms with Gasteiger partial charge in [-0.2, -0.15) is 0 Å². The lowest BCUT2D eigenvalue weighted by Crippen LogP contribution is -2.32. The number of rotatable bonds is 12. The number of carbonyl (C=O) groups is 1. The number of aliphatic hydroxyl groups excluding tert-OH is 1. The average Bonchev–Trinajstić information content (AvgIpc) is 2.76. The number of nitrogens with two attached hydrogens (primary N) is 1. The summed E-state index contributed by atoms with van der Waals surface area (Å²) >= 11 is 0. The maximum atomic E-state index is 12.5. The van der Waals surface area contributed by atoms with Crippen LogP contribution in [0.15, 0.2) is 42.5 Å². The highest BCUT2D eigenvalue weighted by molar-refractivity contribution is 5.94. The molecule has 31 heavy (non-hydrogen) atoms. The predicted octanol–water partition coefficient (Wildman–Crippen LogP) is 4.90. The van der Waals surface area contributed by atoms with E-state index in [1.165, 1.54) is 22.3 Å². The van der Waals surface area contributed by atoms with Crippen molar-refractivity contribution in [2.45, 2.75) is 71.8 Å². The Hall–Kier alpha value is -2.17. The number of benzene rings is 2. The van der Waals surface area contributed by atoms with Crippen LogP contribution in [0, 0.1) is 19.8 Å². The summed E-state index contributed by atoms with van der Waals surface area (Å²) < 4.78 is 0. The summed E-state index contributed by atoms with van der Waals surface area (Å²) in [6, 6.07) is 14.6. The van der Waals surface area contributed by atoms with Gasteiger partial charge in [-0.15, -0.1) is 0 Å². The fourth-order valence-electron chi connectivity index (χ4n) is 4.07. The van der Waals surface area contributed by atoms with Crippen molar-refractivity contribution in [3.8, 4) is 0 Å². The summed E-state index contributed by atoms with van der Waals surface area (Å²) in [6.07, 6.45) is 4.93. The van der Waals surface area contributed by atoms with Crippen LogP contribution in [0.1, 0.15) is 78.1 Å². The molecule has 2 rings (SSSR count). The first-order valence-electron chi connectivity index (χ1n) is 11.6. The van der Waals surface area contributed by atoms with Crippen LogP contribution in [-0.2, 0) is 6.42 Å². The average molecular weight is 425 g/mol. The lowest BCUT2D eigenvalue weighted by atomic mass is 9.90. The lowest BCUT2D eigenvalue weighted by Gasteiger charge is -2.17. The summed E-state index contributed by atoms with van der Waals surface area (Å²) in [5.74, 6) is 0.609. The van der Waals surface area contributed by atoms with E-state index in [1.54, 1.807) is 0 Å². The molecular weight excluding hydrogens is 384 g/mol. The first-order chi connectivity index (χ1) is 14.8. The number of amides is 1. The molecule has 4 nitrogen and oxygen atoms in total. The molecule has 2 aromatic carbocycles. The maximum absolute atomic E-state index is 12.5. The number of hydrogen-bond donors (Lipinski definition) is 3. The molecule has 0 aliphatic carbocycles. The topological polar surface area (TPSA) is 75.4 Å². The van der Waals surface area contributed by atoms with E-state index in [2.05, 4.69) is 56.4 Å². The molecule has 4 heteroatoms. The molecule has 0 heterocycles. The molecule has 0 saturated carbocycles. The van der Waals surface area contributed by atoms with E-state index in [0.29, 0.717) is 18.0 Å². The van der Waals surface area contributed by atoms with Gasteiger partial charge in [-0.25, -0.2) is 0 Å². The van der Waals surface area contributed by atoms with E-state index in [4.69, 9.17) is 10.8 Å². The van der Waals surface area contributed by atoms with Crippen LogP contribution in [0.25, 0.3) is 0 Å². The van der Waals surface area contributed by atoms with E-state index in [1.807, 2.05) is 19.1 Å². The third-order valence-electron chi connectivity index (χ3n) is 6.43. The Morgan fingerprint density at radius 3 is 2.45 bits per heavy atom. The van der Waals surface area contributed by atoms with Gasteiger partial charge < -0.3 is 16.2 Å². The molecule has 170 valence electrons. The zero-order chi connectivity index (χ0) is 22.8. The molecule has 1 amide bonds. The quantitative estimate of drug-likeness (QED) is 0.424. The molecule has 2 aromatic rings. The zero-order valence-electron chi connectivity index (χ0n) is 19.7. The third-order valence-corrected chi connectivity index (χ3v) is 6.43. The largest absolute Gasteiger partial charge is 0.396 e. The SMILES string of the molecule is Cc1cc(C(=O)NCCCC(N)C(C)CO)ccc1CCCC(C)c1ccccc1C. The molecule has 0 aromatic heterocycles. The Morgan fingerprint density at radius 2 is 1.77 bits per heavy atom. The molecule has 0 saturated heterocycles. The zero-order valence-corrected chi connectivity index (χ0v) is 19.7. The van der Waals surface area contributed by atoms with E-state index in [-0.39, 0.29) is 24.5 Å². The Kier molecular flexibility index (Phi) is 10.2. The van der Waals surface area contributed by atoms with Crippen LogP contribution in [0.3, 0.4) is 0 Å². The summed E-state index contributed by atoms with van der Waals surface area (Å²) in [6.45, 7) is 9.22. The van der Waals surface area contributed by atoms with Gasteiger partial charge in [-0.1, -0.05) is 44.2 Å². The van der Waals surface area contributed by atoms with Gasteiger partial charge >= 0.3 is 0 Å². The monoisotopic (exact) mass is 424 g/mol. The molecule has 4 N–H and O–H groups in total. The van der Waals surface area contributed by atoms with Crippen molar-refractivity contribution in [2.75, 3.05) is 13.2 Å². The van der Waals surface area contributed by atoms with Crippen LogP contribution >= 0.6 is 0 Å². The van der Waals surface area contributed by atoms with Gasteiger partial charge in [-0.05, 0) is 92.2 Å². The minimum Gasteiger partial charge on any atom is -0.396 e. The predicted molar refractivity (Wildman–Crippen MR) is 130 cm³/mol. The van der Waals surface area contributed by atoms with Gasteiger partial charge in [0, 0.05) is 24.8 Å². The molecule has 0 spiro atoms. The molecule has 0 aliphatic heterocycles. The van der Waals surface area contributed by atoms with Crippen LogP contribution in [0.2, 0.25) is 0 Å². The van der Waals surface area contributed by atoms with Crippen molar-refractivity contribution in [3.63, 3.8) is 0 Å². The highest BCUT2D eigenvalue weighted by atomic mass is 16.3. The number of aryl methyl sites for hydroxylation is 3. The lowest BCUT2D eigenvalue weighted by molar-refractivity contribution is 0.0952. The Labute approximate surface area is 188 Å². The van der Waals surface area contributed by atoms with Gasteiger partial charge in [0.25, 0.3) is 5.91 Å². The number of nitrogens with one attached hydrogen (secondary N) is 1. The number of hydrogen-bond acceptors (Lipinski definition) is 3. The summed E-state index contributed by atoms with van der Waals surface area (Å²) in [4.78, 5) is 12.5. The van der Waals surface area contributed by atoms with Crippen LogP contribution in [-0.4, -0.2) is 30.2 Å². The Morgan fingerprint density at radius 1 is 1.03 bits per heavy atom. The van der Waals surface area contributed by atoms with E-state index in [9.17, 15) is 4.79 Å². The second kappa shape index (κ2) is 12.6. The molecule has 3 unspecified atom stereocenters. The van der Waals surface area contributed by atoms with Crippen LogP contribution < -0.4 is 11.1 Å². The highest BCUT2D eigenvalue weighted by Crippen LogP contribution is 2.25. The van der Waals surface area contributed by atoms with Crippen molar-refractivity contribution < 1.29 is 9.90 Å². The number of aliphatic hydroxyl groups is 1. The van der Waals surface area contributed by atoms with Crippen molar-refractivity contribution in [1.82, 2.24) is 5.32 Å². The van der Waals surface area contributed by atoms with Crippen LogP contribution in [0.5, 0.6) is 0 Å². The summed E-state index contributed by atoms with van der Waals surface area (Å²) in [5, 5.41) is 12.1. The van der Waals surface area contributed by atoms with Gasteiger partial charge in [0.15, 0.2) is 0 Å². The first kappa shape index (κ1) is 25.1. The third kappa shape index (κ3) is 7.79. The first-order valence-corrected chi connectivity index (χ1v) is 11.6. The van der Waals surface area contributed by atoms with E-state index in [0.717, 1.165) is 32.1 Å². The van der Waals surface area contributed by atoms with Crippen molar-refractivity contribution in [2.24, 2.45) is 11.7 Å². The van der Waals surface area contributed by atoms with E-state index < -0.39 is 0 Å². The molecule has 0 aliphatic rings. The Balaban J connectivity index is 1.79. The van der Waals surface area contributed by atoms with Gasteiger partial charge in [0.05, 0.1) is 0 Å². The summed E-state index contributed by atoms with van der Waals surface area (Å²) in [5.41, 5.74) is 12.0. The molecular formula is C27H40N2O2. The molecule has 0 radical (unpaired) electrons. The van der Waals surface area contributed by atoms with Crippen molar-refractivity contribution >= 4 is 5.91 Å². The standard InChI is InChI=1S/C27H40N2O2/c1-19-9-5-6-12-25(19)20(2)10-7-11-23-14-15-24(17-21(23)3)27(31)29-16-8-13-26(28)22(4)18-30/h5-6,9,12,14-15,17,20,22,26,30H,7-8,10-11,13,16,18,28H2,1-4H3,(H,29,31). The second-order valence-electron chi connectivity index (χ2n) is 9.01. The molecule has 3 atom stereocenters. The minimum absolute atomic E-state index is 0.0306. The second-order valence-corrected chi connectivity index (χ2v) is 9.01. The fourth-order valence-corrected chi connectivity index (χ4v) is 4.07. The van der Waals surface area contributed by atoms with Crippen molar-refractivity contribution in [3.05, 3.63) is 70.3 Å². The van der Waals surface area contributed by atoms with Gasteiger partial charge in [0.2, 0.25) is 0 Å². The van der Waals surface area contributed by atoms with Crippen LogP contribution in [0.4, 0.5) is 0 Å². The van der Waals surface area contributed by atoms with Gasteiger partial charge in [-0.3, -0.25) is 4.79 Å². The molecule has 0 fully saturated rings. The maximum Gasteiger partial charge on any atom is 0.251 e. The number of carbonyl (C=O) groups excluding carboxylic acids is 1. The summed E-state index contributed by atoms with van der Waals surface area (Å²) in [7, 11) is 0. The molecule has 0 bridgehead atoms. The highest BCUT2D eigenvalue weighted by Gasteiger charge is 2.12. The normalized spacial score (nSPS) is 14.1. The fraction of sp³-hybridized carbons (Fsp3) is 0.519. The minimum atomic E-state index is -0.0356. The van der Waals surface area contributed by atoms with Gasteiger partial charge in [0.1, 0.15) is 0 Å². The van der Waals surface area contributed by atoms with Crippen molar-refractivity contribution in [1.29, 1.82) is 0 Å². The Bertz CT molecular complexity index is 834.